The van der Waals surface area contributed by atoms with Crippen LogP contribution in [0.15, 0.2) is 24.3 Å². The van der Waals surface area contributed by atoms with Crippen molar-refractivity contribution >= 4 is 23.6 Å². The van der Waals surface area contributed by atoms with E-state index < -0.39 is 11.7 Å². The Hall–Kier alpha value is -1.74. The minimum absolute atomic E-state index is 0.00815. The van der Waals surface area contributed by atoms with E-state index in [1.165, 1.54) is 12.1 Å². The predicted octanol–water partition coefficient (Wildman–Crippen LogP) is 3.26. The summed E-state index contributed by atoms with van der Waals surface area (Å²) in [5, 5.41) is 6.42. The second-order valence-corrected chi connectivity index (χ2v) is 9.09. The highest BCUT2D eigenvalue weighted by atomic mass is 32.2. The average molecular weight is 430 g/mol. The van der Waals surface area contributed by atoms with Crippen molar-refractivity contribution in [3.8, 4) is 0 Å². The molecule has 1 aromatic carbocycles. The Bertz CT molecular complexity index is 764. The number of hydrogen-bond donors (Lipinski definition) is 2. The lowest BCUT2D eigenvalue weighted by molar-refractivity contribution is -0.137. The molecule has 0 bridgehead atoms. The molecule has 9 heteroatoms. The molecule has 0 radical (unpaired) electrons. The van der Waals surface area contributed by atoms with E-state index in [1.54, 1.807) is 16.7 Å². The van der Waals surface area contributed by atoms with Gasteiger partial charge in [-0.15, -0.1) is 11.8 Å². The van der Waals surface area contributed by atoms with Crippen LogP contribution in [-0.4, -0.2) is 52.5 Å². The Labute approximate surface area is 172 Å². The highest BCUT2D eigenvalue weighted by Gasteiger charge is 2.44. The fourth-order valence-electron chi connectivity index (χ4n) is 3.60. The molecule has 0 saturated carbocycles. The van der Waals surface area contributed by atoms with Crippen LogP contribution in [0.1, 0.15) is 49.0 Å². The van der Waals surface area contributed by atoms with E-state index in [0.29, 0.717) is 31.7 Å². The smallest absolute Gasteiger partial charge is 0.352 e. The standard InChI is InChI=1S/C20H26F3N3O2S/c1-3-13(2)24-17(27)16-12-29-19(25-16)7-9-26(10-8-19)18(28)14-5-4-6-15(11-14)20(21,22)23/h4-6,11,13,16,25H,3,7-10,12H2,1-2H3,(H,24,27). The maximum atomic E-state index is 12.9. The molecule has 160 valence electrons. The maximum Gasteiger partial charge on any atom is 0.416 e. The Morgan fingerprint density at radius 3 is 2.66 bits per heavy atom. The zero-order valence-corrected chi connectivity index (χ0v) is 17.3. The third-order valence-electron chi connectivity index (χ3n) is 5.58. The Morgan fingerprint density at radius 2 is 2.03 bits per heavy atom. The average Bonchev–Trinajstić information content (AvgIpc) is 3.11. The number of piperidine rings is 1. The number of hydrogen-bond acceptors (Lipinski definition) is 4. The van der Waals surface area contributed by atoms with Gasteiger partial charge < -0.3 is 10.2 Å². The summed E-state index contributed by atoms with van der Waals surface area (Å²) in [5.41, 5.74) is -0.770. The summed E-state index contributed by atoms with van der Waals surface area (Å²) in [7, 11) is 0. The second kappa shape index (κ2) is 8.55. The van der Waals surface area contributed by atoms with Gasteiger partial charge in [-0.05, 0) is 44.4 Å². The molecule has 2 atom stereocenters. The molecule has 0 aliphatic carbocycles. The lowest BCUT2D eigenvalue weighted by Crippen LogP contribution is -2.55. The summed E-state index contributed by atoms with van der Waals surface area (Å²) in [5.74, 6) is 0.273. The largest absolute Gasteiger partial charge is 0.416 e. The first kappa shape index (κ1) is 22.0. The SMILES string of the molecule is CCC(C)NC(=O)C1CSC2(CCN(C(=O)c3cccc(C(F)(F)F)c3)CC2)N1. The van der Waals surface area contributed by atoms with Crippen LogP contribution in [0, 0.1) is 0 Å². The number of nitrogens with one attached hydrogen (secondary N) is 2. The number of thioether (sulfide) groups is 1. The Balaban J connectivity index is 1.58. The zero-order chi connectivity index (χ0) is 21.2. The van der Waals surface area contributed by atoms with Crippen LogP contribution in [0.5, 0.6) is 0 Å². The highest BCUT2D eigenvalue weighted by Crippen LogP contribution is 2.39. The van der Waals surface area contributed by atoms with Crippen LogP contribution in [0.4, 0.5) is 13.2 Å². The topological polar surface area (TPSA) is 61.4 Å². The van der Waals surface area contributed by atoms with Crippen LogP contribution < -0.4 is 10.6 Å². The number of likely N-dealkylation sites (tertiary alicyclic amines) is 1. The molecule has 5 nitrogen and oxygen atoms in total. The van der Waals surface area contributed by atoms with E-state index in [-0.39, 0.29) is 34.3 Å². The van der Waals surface area contributed by atoms with Crippen LogP contribution in [0.2, 0.25) is 0 Å². The Kier molecular flexibility index (Phi) is 6.48. The van der Waals surface area contributed by atoms with E-state index in [4.69, 9.17) is 0 Å². The Morgan fingerprint density at radius 1 is 1.34 bits per heavy atom. The first-order chi connectivity index (χ1) is 13.6. The van der Waals surface area contributed by atoms with Gasteiger partial charge in [0.05, 0.1) is 16.5 Å². The molecule has 2 aliphatic heterocycles. The van der Waals surface area contributed by atoms with E-state index in [0.717, 1.165) is 18.6 Å². The minimum Gasteiger partial charge on any atom is -0.352 e. The van der Waals surface area contributed by atoms with Gasteiger partial charge in [0.2, 0.25) is 5.91 Å². The van der Waals surface area contributed by atoms with Gasteiger partial charge in [-0.3, -0.25) is 14.9 Å². The number of carbonyl (C=O) groups excluding carboxylic acids is 2. The summed E-state index contributed by atoms with van der Waals surface area (Å²) in [6, 6.07) is 4.41. The molecule has 2 heterocycles. The molecule has 1 aromatic rings. The highest BCUT2D eigenvalue weighted by molar-refractivity contribution is 8.01. The van der Waals surface area contributed by atoms with Gasteiger partial charge in [0.1, 0.15) is 0 Å². The summed E-state index contributed by atoms with van der Waals surface area (Å²) < 4.78 is 38.7. The monoisotopic (exact) mass is 429 g/mol. The molecule has 29 heavy (non-hydrogen) atoms. The molecular formula is C20H26F3N3O2S. The molecule has 2 N–H and O–H groups in total. The van der Waals surface area contributed by atoms with Gasteiger partial charge in [-0.1, -0.05) is 13.0 Å². The van der Waals surface area contributed by atoms with E-state index >= 15 is 0 Å². The van der Waals surface area contributed by atoms with Gasteiger partial charge in [-0.2, -0.15) is 13.2 Å². The normalized spacial score (nSPS) is 22.5. The summed E-state index contributed by atoms with van der Waals surface area (Å²) in [4.78, 5) is 26.4. The first-order valence-electron chi connectivity index (χ1n) is 9.82. The van der Waals surface area contributed by atoms with Crippen molar-refractivity contribution in [2.45, 2.75) is 56.2 Å². The third-order valence-corrected chi connectivity index (χ3v) is 7.15. The number of halogens is 3. The van der Waals surface area contributed by atoms with Crippen molar-refractivity contribution in [2.75, 3.05) is 18.8 Å². The van der Waals surface area contributed by atoms with Crippen LogP contribution in [-0.2, 0) is 11.0 Å². The number of alkyl halides is 3. The molecule has 1 spiro atoms. The van der Waals surface area contributed by atoms with Gasteiger partial charge >= 0.3 is 6.18 Å². The van der Waals surface area contributed by atoms with Gasteiger partial charge in [0.15, 0.2) is 0 Å². The minimum atomic E-state index is -4.47. The van der Waals surface area contributed by atoms with Crippen molar-refractivity contribution in [2.24, 2.45) is 0 Å². The van der Waals surface area contributed by atoms with Crippen molar-refractivity contribution in [1.29, 1.82) is 0 Å². The first-order valence-corrected chi connectivity index (χ1v) is 10.8. The molecule has 3 rings (SSSR count). The molecule has 2 aliphatic rings. The molecule has 2 fully saturated rings. The number of benzene rings is 1. The second-order valence-electron chi connectivity index (χ2n) is 7.69. The van der Waals surface area contributed by atoms with Crippen molar-refractivity contribution in [3.63, 3.8) is 0 Å². The number of amides is 2. The number of carbonyl (C=O) groups is 2. The van der Waals surface area contributed by atoms with Gasteiger partial charge in [0.25, 0.3) is 5.91 Å². The zero-order valence-electron chi connectivity index (χ0n) is 16.5. The number of nitrogens with zero attached hydrogens (tertiary/aromatic N) is 1. The fraction of sp³-hybridized carbons (Fsp3) is 0.600. The summed E-state index contributed by atoms with van der Waals surface area (Å²) >= 11 is 1.69. The quantitative estimate of drug-likeness (QED) is 0.771. The third kappa shape index (κ3) is 5.06. The number of rotatable bonds is 4. The molecular weight excluding hydrogens is 403 g/mol. The van der Waals surface area contributed by atoms with E-state index in [1.807, 2.05) is 13.8 Å². The van der Waals surface area contributed by atoms with E-state index in [9.17, 15) is 22.8 Å². The van der Waals surface area contributed by atoms with Crippen LogP contribution in [0.3, 0.4) is 0 Å². The molecule has 2 amide bonds. The van der Waals surface area contributed by atoms with Gasteiger partial charge in [-0.25, -0.2) is 0 Å². The molecule has 2 unspecified atom stereocenters. The van der Waals surface area contributed by atoms with Crippen molar-refractivity contribution < 1.29 is 22.8 Å². The molecule has 0 aromatic heterocycles. The predicted molar refractivity (Wildman–Crippen MR) is 107 cm³/mol. The maximum absolute atomic E-state index is 12.9. The van der Waals surface area contributed by atoms with Crippen LogP contribution >= 0.6 is 11.8 Å². The fourth-order valence-corrected chi connectivity index (χ4v) is 5.02. The summed E-state index contributed by atoms with van der Waals surface area (Å²) in [6.07, 6.45) is -2.31. The van der Waals surface area contributed by atoms with E-state index in [2.05, 4.69) is 10.6 Å². The van der Waals surface area contributed by atoms with Crippen molar-refractivity contribution in [3.05, 3.63) is 35.4 Å². The van der Waals surface area contributed by atoms with Crippen molar-refractivity contribution in [1.82, 2.24) is 15.5 Å². The molecule has 2 saturated heterocycles. The lowest BCUT2D eigenvalue weighted by Gasteiger charge is -2.39. The lowest BCUT2D eigenvalue weighted by atomic mass is 10.0. The summed E-state index contributed by atoms with van der Waals surface area (Å²) in [6.45, 7) is 4.86. The van der Waals surface area contributed by atoms with Crippen LogP contribution in [0.25, 0.3) is 0 Å². The van der Waals surface area contributed by atoms with Gasteiger partial charge in [0, 0.05) is 30.4 Å².